The van der Waals surface area contributed by atoms with Gasteiger partial charge in [0.1, 0.15) is 11.9 Å². The van der Waals surface area contributed by atoms with Crippen LogP contribution in [0.4, 0.5) is 4.39 Å². The van der Waals surface area contributed by atoms with Gasteiger partial charge in [-0.3, -0.25) is 9.69 Å². The first-order valence-corrected chi connectivity index (χ1v) is 6.28. The van der Waals surface area contributed by atoms with Crippen LogP contribution in [0.2, 0.25) is 0 Å². The van der Waals surface area contributed by atoms with E-state index in [9.17, 15) is 9.18 Å². The van der Waals surface area contributed by atoms with Crippen molar-refractivity contribution in [3.63, 3.8) is 0 Å². The van der Waals surface area contributed by atoms with E-state index >= 15 is 0 Å². The number of carboxylic acid groups (broad SMARTS) is 1. The molecule has 0 bridgehead atoms. The Morgan fingerprint density at radius 3 is 3.00 bits per heavy atom. The van der Waals surface area contributed by atoms with E-state index in [2.05, 4.69) is 15.9 Å². The van der Waals surface area contributed by atoms with Crippen LogP contribution < -0.4 is 0 Å². The Labute approximate surface area is 107 Å². The predicted molar refractivity (Wildman–Crippen MR) is 65.2 cm³/mol. The van der Waals surface area contributed by atoms with Crippen LogP contribution in [0.25, 0.3) is 0 Å². The largest absolute Gasteiger partial charge is 0.480 e. The fourth-order valence-electron chi connectivity index (χ4n) is 2.16. The zero-order valence-electron chi connectivity index (χ0n) is 9.20. The number of hydrogen-bond donors (Lipinski definition) is 1. The molecule has 0 radical (unpaired) electrons. The average Bonchev–Trinajstić information content (AvgIpc) is 2.70. The average molecular weight is 302 g/mol. The third-order valence-electron chi connectivity index (χ3n) is 3.04. The van der Waals surface area contributed by atoms with Crippen LogP contribution in [-0.2, 0) is 11.3 Å². The van der Waals surface area contributed by atoms with Gasteiger partial charge in [-0.25, -0.2) is 4.39 Å². The van der Waals surface area contributed by atoms with Crippen molar-refractivity contribution in [3.05, 3.63) is 34.1 Å². The van der Waals surface area contributed by atoms with Crippen LogP contribution >= 0.6 is 15.9 Å². The molecule has 17 heavy (non-hydrogen) atoms. The smallest absolute Gasteiger partial charge is 0.320 e. The highest BCUT2D eigenvalue weighted by atomic mass is 79.9. The van der Waals surface area contributed by atoms with E-state index in [-0.39, 0.29) is 5.82 Å². The van der Waals surface area contributed by atoms with E-state index in [1.165, 1.54) is 6.07 Å². The Morgan fingerprint density at radius 1 is 1.59 bits per heavy atom. The molecule has 0 unspecified atom stereocenters. The third kappa shape index (κ3) is 2.84. The van der Waals surface area contributed by atoms with Gasteiger partial charge >= 0.3 is 5.97 Å². The van der Waals surface area contributed by atoms with E-state index in [4.69, 9.17) is 5.11 Å². The maximum atomic E-state index is 13.6. The third-order valence-corrected chi connectivity index (χ3v) is 3.53. The van der Waals surface area contributed by atoms with E-state index in [1.807, 2.05) is 4.90 Å². The van der Waals surface area contributed by atoms with Gasteiger partial charge in [0.2, 0.25) is 0 Å². The summed E-state index contributed by atoms with van der Waals surface area (Å²) >= 11 is 3.20. The first kappa shape index (κ1) is 12.5. The summed E-state index contributed by atoms with van der Waals surface area (Å²) in [5, 5.41) is 9.03. The number of halogens is 2. The fourth-order valence-corrected chi connectivity index (χ4v) is 2.50. The first-order chi connectivity index (χ1) is 8.08. The zero-order valence-corrected chi connectivity index (χ0v) is 10.8. The molecule has 0 aliphatic carbocycles. The second-order valence-corrected chi connectivity index (χ2v) is 5.12. The lowest BCUT2D eigenvalue weighted by Crippen LogP contribution is -2.35. The van der Waals surface area contributed by atoms with Crippen LogP contribution in [-0.4, -0.2) is 28.6 Å². The van der Waals surface area contributed by atoms with Crippen molar-refractivity contribution < 1.29 is 14.3 Å². The van der Waals surface area contributed by atoms with E-state index in [0.717, 1.165) is 6.42 Å². The molecule has 2 rings (SSSR count). The number of hydrogen-bond acceptors (Lipinski definition) is 2. The maximum Gasteiger partial charge on any atom is 0.320 e. The SMILES string of the molecule is O=C(O)[C@H]1CCCN1Cc1ccc(Br)cc1F. The zero-order chi connectivity index (χ0) is 12.4. The lowest BCUT2D eigenvalue weighted by Gasteiger charge is -2.21. The molecule has 1 aliphatic heterocycles. The molecule has 1 atom stereocenters. The normalized spacial score (nSPS) is 20.7. The second-order valence-electron chi connectivity index (χ2n) is 4.20. The van der Waals surface area contributed by atoms with Gasteiger partial charge in [-0.15, -0.1) is 0 Å². The molecule has 92 valence electrons. The molecule has 5 heteroatoms. The van der Waals surface area contributed by atoms with Crippen LogP contribution in [0, 0.1) is 5.82 Å². The Kier molecular flexibility index (Phi) is 3.79. The molecule has 1 aliphatic rings. The number of aliphatic carboxylic acids is 1. The van der Waals surface area contributed by atoms with Crippen molar-refractivity contribution in [2.24, 2.45) is 0 Å². The van der Waals surface area contributed by atoms with Crippen molar-refractivity contribution in [3.8, 4) is 0 Å². The highest BCUT2D eigenvalue weighted by Gasteiger charge is 2.30. The van der Waals surface area contributed by atoms with Crippen molar-refractivity contribution in [2.75, 3.05) is 6.54 Å². The van der Waals surface area contributed by atoms with Crippen LogP contribution in [0.15, 0.2) is 22.7 Å². The number of carboxylic acids is 1. The van der Waals surface area contributed by atoms with Gasteiger partial charge in [-0.05, 0) is 31.5 Å². The summed E-state index contributed by atoms with van der Waals surface area (Å²) in [7, 11) is 0. The summed E-state index contributed by atoms with van der Waals surface area (Å²) in [6.07, 6.45) is 1.50. The van der Waals surface area contributed by atoms with Gasteiger partial charge < -0.3 is 5.11 Å². The molecule has 1 aromatic rings. The highest BCUT2D eigenvalue weighted by molar-refractivity contribution is 9.10. The van der Waals surface area contributed by atoms with Gasteiger partial charge in [-0.1, -0.05) is 22.0 Å². The number of nitrogens with zero attached hydrogens (tertiary/aromatic N) is 1. The second kappa shape index (κ2) is 5.14. The molecular formula is C12H13BrFNO2. The molecule has 1 saturated heterocycles. The Balaban J connectivity index is 2.12. The lowest BCUT2D eigenvalue weighted by molar-refractivity contribution is -0.142. The summed E-state index contributed by atoms with van der Waals surface area (Å²) in [5.74, 6) is -1.12. The molecule has 3 nitrogen and oxygen atoms in total. The minimum Gasteiger partial charge on any atom is -0.480 e. The van der Waals surface area contributed by atoms with Crippen LogP contribution in [0.1, 0.15) is 18.4 Å². The molecule has 1 N–H and O–H groups in total. The fraction of sp³-hybridized carbons (Fsp3) is 0.417. The number of likely N-dealkylation sites (tertiary alicyclic amines) is 1. The number of rotatable bonds is 3. The topological polar surface area (TPSA) is 40.5 Å². The van der Waals surface area contributed by atoms with Crippen molar-refractivity contribution in [1.82, 2.24) is 4.90 Å². The van der Waals surface area contributed by atoms with Gasteiger partial charge in [-0.2, -0.15) is 0 Å². The predicted octanol–water partition coefficient (Wildman–Crippen LogP) is 2.64. The van der Waals surface area contributed by atoms with Gasteiger partial charge in [0.25, 0.3) is 0 Å². The molecular weight excluding hydrogens is 289 g/mol. The molecule has 0 saturated carbocycles. The Morgan fingerprint density at radius 2 is 2.35 bits per heavy atom. The molecule has 0 aromatic heterocycles. The molecule has 1 heterocycles. The van der Waals surface area contributed by atoms with Gasteiger partial charge in [0.15, 0.2) is 0 Å². The van der Waals surface area contributed by atoms with E-state index in [1.54, 1.807) is 12.1 Å². The van der Waals surface area contributed by atoms with Crippen molar-refractivity contribution in [1.29, 1.82) is 0 Å². The van der Waals surface area contributed by atoms with Crippen molar-refractivity contribution >= 4 is 21.9 Å². The maximum absolute atomic E-state index is 13.6. The molecule has 1 fully saturated rings. The van der Waals surface area contributed by atoms with Crippen LogP contribution in [0.3, 0.4) is 0 Å². The minimum atomic E-state index is -0.819. The van der Waals surface area contributed by atoms with Crippen molar-refractivity contribution in [2.45, 2.75) is 25.4 Å². The van der Waals surface area contributed by atoms with E-state index in [0.29, 0.717) is 29.5 Å². The standard InChI is InChI=1S/C12H13BrFNO2/c13-9-4-3-8(10(14)6-9)7-15-5-1-2-11(15)12(16)17/h3-4,6,11H,1-2,5,7H2,(H,16,17)/t11-/m1/s1. The lowest BCUT2D eigenvalue weighted by atomic mass is 10.1. The molecule has 0 spiro atoms. The summed E-state index contributed by atoms with van der Waals surface area (Å²) in [6, 6.07) is 4.39. The summed E-state index contributed by atoms with van der Waals surface area (Å²) in [5.41, 5.74) is 0.543. The number of carbonyl (C=O) groups is 1. The minimum absolute atomic E-state index is 0.296. The Hall–Kier alpha value is -0.940. The number of benzene rings is 1. The van der Waals surface area contributed by atoms with Gasteiger partial charge in [0.05, 0.1) is 0 Å². The monoisotopic (exact) mass is 301 g/mol. The quantitative estimate of drug-likeness (QED) is 0.933. The van der Waals surface area contributed by atoms with Gasteiger partial charge in [0, 0.05) is 16.6 Å². The first-order valence-electron chi connectivity index (χ1n) is 5.48. The summed E-state index contributed by atoms with van der Waals surface area (Å²) < 4.78 is 14.3. The highest BCUT2D eigenvalue weighted by Crippen LogP contribution is 2.22. The Bertz CT molecular complexity index is 439. The molecule has 0 amide bonds. The molecule has 1 aromatic carbocycles. The summed E-state index contributed by atoms with van der Waals surface area (Å²) in [4.78, 5) is 12.8. The van der Waals surface area contributed by atoms with E-state index < -0.39 is 12.0 Å². The van der Waals surface area contributed by atoms with Crippen LogP contribution in [0.5, 0.6) is 0 Å². The summed E-state index contributed by atoms with van der Waals surface area (Å²) in [6.45, 7) is 1.07.